The number of hydrogen-bond donors (Lipinski definition) is 2. The molecule has 58 heavy (non-hydrogen) atoms. The molecule has 2 N–H and O–H groups in total. The van der Waals surface area contributed by atoms with Gasteiger partial charge in [-0.3, -0.25) is 14.9 Å². The van der Waals surface area contributed by atoms with Crippen molar-refractivity contribution in [2.24, 2.45) is 22.9 Å². The highest BCUT2D eigenvalue weighted by molar-refractivity contribution is 6.03. The lowest BCUT2D eigenvalue weighted by molar-refractivity contribution is -0.384. The molecule has 0 bridgehead atoms. The fourth-order valence-corrected chi connectivity index (χ4v) is 8.96. The van der Waals surface area contributed by atoms with Crippen LogP contribution in [0.5, 0.6) is 17.2 Å². The average Bonchev–Trinajstić information content (AvgIpc) is 3.22. The van der Waals surface area contributed by atoms with Crippen molar-refractivity contribution in [2.75, 3.05) is 34.0 Å². The fourth-order valence-electron chi connectivity index (χ4n) is 8.96. The second kappa shape index (κ2) is 19.0. The van der Waals surface area contributed by atoms with E-state index in [0.29, 0.717) is 35.6 Å². The number of ether oxygens (including phenoxy) is 3. The van der Waals surface area contributed by atoms with E-state index in [2.05, 4.69) is 37.7 Å². The van der Waals surface area contributed by atoms with Crippen molar-refractivity contribution in [1.29, 1.82) is 0 Å². The highest BCUT2D eigenvalue weighted by Crippen LogP contribution is 2.62. The monoisotopic (exact) mass is 793 g/mol. The van der Waals surface area contributed by atoms with Crippen molar-refractivity contribution in [3.8, 4) is 17.2 Å². The van der Waals surface area contributed by atoms with Gasteiger partial charge in [-0.1, -0.05) is 36.2 Å². The summed E-state index contributed by atoms with van der Waals surface area (Å²) in [6.45, 7) is 8.43. The molecule has 12 heteroatoms. The van der Waals surface area contributed by atoms with Gasteiger partial charge in [0, 0.05) is 56.4 Å². The molecule has 1 amide bonds. The number of rotatable bonds is 18. The van der Waals surface area contributed by atoms with Gasteiger partial charge in [-0.15, -0.1) is 6.58 Å². The van der Waals surface area contributed by atoms with Gasteiger partial charge in [-0.25, -0.2) is 0 Å². The lowest BCUT2D eigenvalue weighted by atomic mass is 9.55. The standard InChI is InChI=1S/C46H55N3O9/c1-6-25-56-46-42(48(4)43(52)22-16-32-14-17-34(18-15-32)49(53)54)29-40(47-55-5)38-27-33(11-7-9-23-50)37(12-8-10-24-51)44(45(38)46)39-28-36(20-21-41(39)58-46)57-35-19-13-30(2)31(3)26-35/h6,13-22,26-28,33,37,42,44-45,50-51H,1,7-12,23-25,29H2,2-5H3. The van der Waals surface area contributed by atoms with E-state index >= 15 is 0 Å². The van der Waals surface area contributed by atoms with Gasteiger partial charge in [0.05, 0.1) is 23.2 Å². The number of carbonyl (C=O) groups is 1. The Morgan fingerprint density at radius 3 is 2.40 bits per heavy atom. The summed E-state index contributed by atoms with van der Waals surface area (Å²) in [5, 5.41) is 35.5. The Morgan fingerprint density at radius 1 is 1.02 bits per heavy atom. The minimum absolute atomic E-state index is 0.0380. The molecule has 1 fully saturated rings. The first-order valence-electron chi connectivity index (χ1n) is 20.1. The topological polar surface area (TPSA) is 153 Å². The highest BCUT2D eigenvalue weighted by atomic mass is 16.7. The molecule has 0 radical (unpaired) electrons. The predicted octanol–water partition coefficient (Wildman–Crippen LogP) is 8.44. The van der Waals surface area contributed by atoms with Gasteiger partial charge in [0.25, 0.3) is 5.69 Å². The molecule has 3 aromatic carbocycles. The summed E-state index contributed by atoms with van der Waals surface area (Å²) in [6, 6.07) is 17.2. The van der Waals surface area contributed by atoms with Gasteiger partial charge in [-0.2, -0.15) is 0 Å². The lowest BCUT2D eigenvalue weighted by Crippen LogP contribution is -2.69. The molecule has 1 heterocycles. The zero-order valence-electron chi connectivity index (χ0n) is 33.8. The summed E-state index contributed by atoms with van der Waals surface area (Å²) in [5.41, 5.74) is 5.48. The number of aliphatic hydroxyl groups excluding tert-OH is 2. The molecule has 6 rings (SSSR count). The number of benzene rings is 3. The first kappa shape index (κ1) is 42.3. The van der Waals surface area contributed by atoms with Crippen LogP contribution in [0.2, 0.25) is 0 Å². The third kappa shape index (κ3) is 8.89. The highest BCUT2D eigenvalue weighted by Gasteiger charge is 2.65. The van der Waals surface area contributed by atoms with Crippen molar-refractivity contribution in [3.05, 3.63) is 123 Å². The number of likely N-dealkylation sites (N-methyl/N-ethyl adjacent to an activating group) is 1. The van der Waals surface area contributed by atoms with Crippen molar-refractivity contribution in [1.82, 2.24) is 4.90 Å². The Balaban J connectivity index is 1.50. The molecule has 0 saturated heterocycles. The van der Waals surface area contributed by atoms with Gasteiger partial charge >= 0.3 is 0 Å². The van der Waals surface area contributed by atoms with Crippen molar-refractivity contribution in [2.45, 2.75) is 76.5 Å². The number of unbranched alkanes of at least 4 members (excludes halogenated alkanes) is 2. The molecule has 0 spiro atoms. The number of non-ortho nitro benzene ring substituents is 1. The maximum atomic E-state index is 14.2. The van der Waals surface area contributed by atoms with Gasteiger partial charge < -0.3 is 34.2 Å². The Labute approximate surface area is 340 Å². The minimum atomic E-state index is -1.39. The Morgan fingerprint density at radius 2 is 1.72 bits per heavy atom. The third-order valence-corrected chi connectivity index (χ3v) is 11.9. The summed E-state index contributed by atoms with van der Waals surface area (Å²) in [5.74, 6) is -0.193. The van der Waals surface area contributed by atoms with Crippen LogP contribution in [0.25, 0.3) is 6.08 Å². The molecule has 3 aromatic rings. The van der Waals surface area contributed by atoms with Crippen LogP contribution in [0.1, 0.15) is 73.1 Å². The third-order valence-electron chi connectivity index (χ3n) is 11.9. The van der Waals surface area contributed by atoms with E-state index < -0.39 is 22.7 Å². The number of oxime groups is 1. The quantitative estimate of drug-likeness (QED) is 0.0425. The van der Waals surface area contributed by atoms with E-state index in [9.17, 15) is 25.1 Å². The van der Waals surface area contributed by atoms with Gasteiger partial charge in [0.2, 0.25) is 11.7 Å². The molecule has 6 atom stereocenters. The SMILES string of the molecule is C=CCOC12Oc3ccc(Oc4ccc(C)c(C)c4)cc3C3C(CCCCO)C(CCCCO)C=C(C(=NOC)CC1N(C)C(=O)C=Cc1ccc([N+](=O)[O-])cc1)C32. The molecule has 3 aliphatic rings. The number of fused-ring (bicyclic) bond motifs is 2. The van der Waals surface area contributed by atoms with E-state index in [-0.39, 0.29) is 55.6 Å². The van der Waals surface area contributed by atoms with Crippen LogP contribution in [-0.4, -0.2) is 77.5 Å². The maximum absolute atomic E-state index is 14.2. The van der Waals surface area contributed by atoms with Crippen LogP contribution in [0, 0.1) is 41.7 Å². The molecule has 2 aliphatic carbocycles. The van der Waals surface area contributed by atoms with Crippen molar-refractivity contribution in [3.63, 3.8) is 0 Å². The van der Waals surface area contributed by atoms with E-state index in [0.717, 1.165) is 48.1 Å². The number of allylic oxidation sites excluding steroid dienone is 1. The number of amides is 1. The summed E-state index contributed by atoms with van der Waals surface area (Å²) in [4.78, 5) is 32.1. The van der Waals surface area contributed by atoms with Crippen LogP contribution < -0.4 is 9.47 Å². The number of nitrogens with zero attached hydrogens (tertiary/aromatic N) is 3. The molecular weight excluding hydrogens is 739 g/mol. The molecule has 308 valence electrons. The van der Waals surface area contributed by atoms with E-state index in [1.54, 1.807) is 36.2 Å². The Kier molecular flexibility index (Phi) is 13.8. The van der Waals surface area contributed by atoms with Crippen LogP contribution in [0.15, 0.2) is 96.2 Å². The molecule has 1 saturated carbocycles. The lowest BCUT2D eigenvalue weighted by Gasteiger charge is -2.59. The number of aryl methyl sites for hydroxylation is 2. The number of nitro groups is 1. The van der Waals surface area contributed by atoms with Crippen molar-refractivity contribution < 1.29 is 39.0 Å². The van der Waals surface area contributed by atoms with Crippen molar-refractivity contribution >= 4 is 23.4 Å². The van der Waals surface area contributed by atoms with Crippen LogP contribution in [-0.2, 0) is 14.4 Å². The first-order chi connectivity index (χ1) is 28.0. The molecule has 1 aliphatic heterocycles. The predicted molar refractivity (Wildman–Crippen MR) is 223 cm³/mol. The van der Waals surface area contributed by atoms with Gasteiger partial charge in [-0.05, 0) is 122 Å². The molecule has 12 nitrogen and oxygen atoms in total. The van der Waals surface area contributed by atoms with Crippen LogP contribution >= 0.6 is 0 Å². The van der Waals surface area contributed by atoms with E-state index in [4.69, 9.17) is 19.0 Å². The fraction of sp³-hybridized carbons (Fsp3) is 0.435. The zero-order chi connectivity index (χ0) is 41.4. The second-order valence-corrected chi connectivity index (χ2v) is 15.4. The second-order valence-electron chi connectivity index (χ2n) is 15.4. The number of aliphatic hydroxyl groups is 2. The van der Waals surface area contributed by atoms with E-state index in [1.807, 2.05) is 30.3 Å². The Bertz CT molecular complexity index is 2040. The zero-order valence-corrected chi connectivity index (χ0v) is 33.8. The molecule has 6 unspecified atom stereocenters. The summed E-state index contributed by atoms with van der Waals surface area (Å²) >= 11 is 0. The summed E-state index contributed by atoms with van der Waals surface area (Å²) in [6.07, 6.45) is 11.9. The first-order valence-corrected chi connectivity index (χ1v) is 20.1. The van der Waals surface area contributed by atoms with Gasteiger partial charge in [0.15, 0.2) is 0 Å². The minimum Gasteiger partial charge on any atom is -0.459 e. The Hall–Kier alpha value is -5.30. The number of carbonyl (C=O) groups excluding carboxylic acids is 1. The summed E-state index contributed by atoms with van der Waals surface area (Å²) in [7, 11) is 3.24. The molecular formula is C46H55N3O9. The smallest absolute Gasteiger partial charge is 0.269 e. The van der Waals surface area contributed by atoms with Crippen LogP contribution in [0.4, 0.5) is 5.69 Å². The number of nitro benzene ring substituents is 1. The average molecular weight is 794 g/mol. The van der Waals surface area contributed by atoms with E-state index in [1.165, 1.54) is 30.9 Å². The summed E-state index contributed by atoms with van der Waals surface area (Å²) < 4.78 is 20.6. The normalized spacial score (nSPS) is 24.0. The van der Waals surface area contributed by atoms with Crippen LogP contribution in [0.3, 0.4) is 0 Å². The van der Waals surface area contributed by atoms with Gasteiger partial charge in [0.1, 0.15) is 30.4 Å². The number of hydrogen-bond acceptors (Lipinski definition) is 10. The maximum Gasteiger partial charge on any atom is 0.269 e. The largest absolute Gasteiger partial charge is 0.459 e. The molecule has 0 aromatic heterocycles.